The largest absolute Gasteiger partial charge is 0.340 e. The van der Waals surface area contributed by atoms with Crippen LogP contribution in [-0.2, 0) is 9.59 Å². The van der Waals surface area contributed by atoms with Gasteiger partial charge in [0.25, 0.3) is 0 Å². The van der Waals surface area contributed by atoms with E-state index in [-0.39, 0.29) is 24.3 Å². The van der Waals surface area contributed by atoms with Gasteiger partial charge in [0.1, 0.15) is 12.1 Å². The second-order valence-electron chi connectivity index (χ2n) is 5.62. The number of carbonyl (C=O) groups excluding carboxylic acids is 2. The topological polar surface area (TPSA) is 49.4 Å². The van der Waals surface area contributed by atoms with Crippen LogP contribution in [0.3, 0.4) is 0 Å². The van der Waals surface area contributed by atoms with Crippen molar-refractivity contribution in [1.82, 2.24) is 10.2 Å². The van der Waals surface area contributed by atoms with Crippen molar-refractivity contribution in [3.63, 3.8) is 0 Å². The molecular formula is C13H18N2O2. The van der Waals surface area contributed by atoms with Gasteiger partial charge in [0.05, 0.1) is 5.54 Å². The van der Waals surface area contributed by atoms with Gasteiger partial charge in [0.2, 0.25) is 11.8 Å². The third-order valence-corrected chi connectivity index (χ3v) is 3.81. The van der Waals surface area contributed by atoms with E-state index in [0.717, 1.165) is 12.8 Å². The molecule has 0 aromatic heterocycles. The average molecular weight is 234 g/mol. The molecule has 1 saturated carbocycles. The third-order valence-electron chi connectivity index (χ3n) is 3.81. The van der Waals surface area contributed by atoms with Gasteiger partial charge in [-0.2, -0.15) is 0 Å². The second kappa shape index (κ2) is 3.49. The fraction of sp³-hybridized carbons (Fsp3) is 0.692. The maximum atomic E-state index is 12.5. The Morgan fingerprint density at radius 3 is 2.53 bits per heavy atom. The number of amides is 2. The first-order chi connectivity index (χ1) is 7.81. The lowest BCUT2D eigenvalue weighted by molar-refractivity contribution is -0.154. The van der Waals surface area contributed by atoms with Crippen LogP contribution < -0.4 is 5.32 Å². The van der Waals surface area contributed by atoms with Gasteiger partial charge in [0.15, 0.2) is 0 Å². The van der Waals surface area contributed by atoms with E-state index in [4.69, 9.17) is 6.42 Å². The molecule has 17 heavy (non-hydrogen) atoms. The van der Waals surface area contributed by atoms with E-state index in [1.807, 2.05) is 6.92 Å². The van der Waals surface area contributed by atoms with E-state index in [0.29, 0.717) is 0 Å². The quantitative estimate of drug-likeness (QED) is 0.708. The minimum atomic E-state index is -0.760. The first-order valence-corrected chi connectivity index (χ1v) is 5.92. The van der Waals surface area contributed by atoms with Crippen LogP contribution in [0.25, 0.3) is 0 Å². The van der Waals surface area contributed by atoms with Crippen molar-refractivity contribution >= 4 is 11.8 Å². The number of carbonyl (C=O) groups is 2. The Bertz CT molecular complexity index is 418. The Balaban J connectivity index is 2.33. The predicted molar refractivity (Wildman–Crippen MR) is 63.9 cm³/mol. The molecule has 1 aliphatic heterocycles. The van der Waals surface area contributed by atoms with Crippen molar-refractivity contribution in [2.75, 3.05) is 6.54 Å². The minimum absolute atomic E-state index is 0.0532. The van der Waals surface area contributed by atoms with Gasteiger partial charge in [-0.3, -0.25) is 9.59 Å². The summed E-state index contributed by atoms with van der Waals surface area (Å²) in [7, 11) is 0. The van der Waals surface area contributed by atoms with E-state index in [1.54, 1.807) is 13.8 Å². The number of hydrogen-bond acceptors (Lipinski definition) is 2. The lowest BCUT2D eigenvalue weighted by Gasteiger charge is -2.45. The van der Waals surface area contributed by atoms with Gasteiger partial charge in [-0.25, -0.2) is 0 Å². The highest BCUT2D eigenvalue weighted by atomic mass is 16.2. The molecule has 4 nitrogen and oxygen atoms in total. The Kier molecular flexibility index (Phi) is 2.46. The molecule has 1 unspecified atom stereocenters. The van der Waals surface area contributed by atoms with Crippen molar-refractivity contribution < 1.29 is 9.59 Å². The fourth-order valence-electron chi connectivity index (χ4n) is 2.35. The van der Waals surface area contributed by atoms with Gasteiger partial charge in [0, 0.05) is 0 Å². The molecular weight excluding hydrogens is 216 g/mol. The zero-order valence-corrected chi connectivity index (χ0v) is 10.5. The van der Waals surface area contributed by atoms with Crippen LogP contribution in [0.5, 0.6) is 0 Å². The molecule has 1 aliphatic carbocycles. The molecule has 0 aromatic carbocycles. The van der Waals surface area contributed by atoms with Crippen molar-refractivity contribution in [3.8, 4) is 12.3 Å². The predicted octanol–water partition coefficient (Wildman–Crippen LogP) is 0.525. The Labute approximate surface area is 102 Å². The molecule has 0 radical (unpaired) electrons. The van der Waals surface area contributed by atoms with Gasteiger partial charge in [-0.05, 0) is 39.5 Å². The maximum Gasteiger partial charge on any atom is 0.249 e. The van der Waals surface area contributed by atoms with Crippen LogP contribution >= 0.6 is 0 Å². The highest BCUT2D eigenvalue weighted by Gasteiger charge is 2.54. The summed E-state index contributed by atoms with van der Waals surface area (Å²) in [5.41, 5.74) is -1.48. The highest BCUT2D eigenvalue weighted by molar-refractivity contribution is 5.98. The number of piperazine rings is 1. The molecule has 92 valence electrons. The molecule has 1 N–H and O–H groups in total. The van der Waals surface area contributed by atoms with E-state index in [9.17, 15) is 9.59 Å². The molecule has 2 fully saturated rings. The summed E-state index contributed by atoms with van der Waals surface area (Å²) in [5, 5.41) is 2.83. The van der Waals surface area contributed by atoms with Crippen molar-refractivity contribution in [3.05, 3.63) is 0 Å². The molecule has 1 heterocycles. The molecule has 0 spiro atoms. The van der Waals surface area contributed by atoms with E-state index in [1.165, 1.54) is 4.90 Å². The number of hydrogen-bond donors (Lipinski definition) is 1. The summed E-state index contributed by atoms with van der Waals surface area (Å²) < 4.78 is 0. The lowest BCUT2D eigenvalue weighted by atomic mass is 9.88. The van der Waals surface area contributed by atoms with Gasteiger partial charge < -0.3 is 10.2 Å². The highest BCUT2D eigenvalue weighted by Crippen LogP contribution is 2.42. The maximum absolute atomic E-state index is 12.5. The van der Waals surface area contributed by atoms with Crippen LogP contribution in [0.4, 0.5) is 0 Å². The second-order valence-corrected chi connectivity index (χ2v) is 5.62. The summed E-state index contributed by atoms with van der Waals surface area (Å²) in [4.78, 5) is 25.8. The smallest absolute Gasteiger partial charge is 0.249 e. The Morgan fingerprint density at radius 1 is 1.47 bits per heavy atom. The van der Waals surface area contributed by atoms with E-state index < -0.39 is 11.1 Å². The minimum Gasteiger partial charge on any atom is -0.340 e. The summed E-state index contributed by atoms with van der Waals surface area (Å²) in [6.45, 7) is 5.44. The molecule has 0 bridgehead atoms. The fourth-order valence-corrected chi connectivity index (χ4v) is 2.35. The monoisotopic (exact) mass is 234 g/mol. The summed E-state index contributed by atoms with van der Waals surface area (Å²) >= 11 is 0. The lowest BCUT2D eigenvalue weighted by Crippen LogP contribution is -2.69. The summed E-state index contributed by atoms with van der Waals surface area (Å²) in [6, 6.07) is 0. The van der Waals surface area contributed by atoms with Crippen LogP contribution in [0.2, 0.25) is 0 Å². The number of rotatable bonds is 2. The molecule has 1 saturated heterocycles. The van der Waals surface area contributed by atoms with Crippen LogP contribution in [0.1, 0.15) is 33.6 Å². The average Bonchev–Trinajstić information content (AvgIpc) is 3.07. The SMILES string of the molecule is C#CC(C)(C)N1CC(=O)NC(C)(C2CC2)C1=O. The van der Waals surface area contributed by atoms with Gasteiger partial charge >= 0.3 is 0 Å². The van der Waals surface area contributed by atoms with E-state index in [2.05, 4.69) is 11.2 Å². The van der Waals surface area contributed by atoms with E-state index >= 15 is 0 Å². The van der Waals surface area contributed by atoms with Crippen molar-refractivity contribution in [2.45, 2.75) is 44.7 Å². The zero-order chi connectivity index (χ0) is 12.8. The first-order valence-electron chi connectivity index (χ1n) is 5.92. The molecule has 4 heteroatoms. The number of terminal acetylenes is 1. The van der Waals surface area contributed by atoms with Gasteiger partial charge in [-0.15, -0.1) is 6.42 Å². The molecule has 2 aliphatic rings. The molecule has 0 aromatic rings. The number of nitrogens with one attached hydrogen (secondary N) is 1. The van der Waals surface area contributed by atoms with Crippen LogP contribution in [0.15, 0.2) is 0 Å². The standard InChI is InChI=1S/C13H18N2O2/c1-5-12(2,3)15-8-10(16)14-13(4,11(15)17)9-6-7-9/h1,9H,6-8H2,2-4H3,(H,14,16). The molecule has 2 amide bonds. The van der Waals surface area contributed by atoms with Crippen molar-refractivity contribution in [1.29, 1.82) is 0 Å². The molecule has 2 rings (SSSR count). The first kappa shape index (κ1) is 12.0. The Hall–Kier alpha value is -1.50. The third kappa shape index (κ3) is 1.80. The zero-order valence-electron chi connectivity index (χ0n) is 10.5. The summed E-state index contributed by atoms with van der Waals surface area (Å²) in [6.07, 6.45) is 7.44. The normalized spacial score (nSPS) is 29.9. The van der Waals surface area contributed by atoms with Crippen LogP contribution in [0, 0.1) is 18.3 Å². The number of nitrogens with zero attached hydrogens (tertiary/aromatic N) is 1. The van der Waals surface area contributed by atoms with Crippen LogP contribution in [-0.4, -0.2) is 34.3 Å². The summed E-state index contributed by atoms with van der Waals surface area (Å²) in [5.74, 6) is 2.67. The van der Waals surface area contributed by atoms with Gasteiger partial charge in [-0.1, -0.05) is 5.92 Å². The molecule has 1 atom stereocenters. The Morgan fingerprint density at radius 2 is 2.06 bits per heavy atom. The van der Waals surface area contributed by atoms with Crippen molar-refractivity contribution in [2.24, 2.45) is 5.92 Å².